The first-order valence-electron chi connectivity index (χ1n) is 26.7. The van der Waals surface area contributed by atoms with Crippen molar-refractivity contribution in [2.75, 3.05) is 19.8 Å². The van der Waals surface area contributed by atoms with Crippen molar-refractivity contribution in [3.63, 3.8) is 0 Å². The van der Waals surface area contributed by atoms with Gasteiger partial charge in [-0.15, -0.1) is 0 Å². The number of hydrogen-bond acceptors (Lipinski definition) is 44. The van der Waals surface area contributed by atoms with Crippen molar-refractivity contribution in [2.24, 2.45) is 0 Å². The maximum atomic E-state index is 13.1. The van der Waals surface area contributed by atoms with Crippen LogP contribution in [0.4, 0.5) is 0 Å². The highest BCUT2D eigenvalue weighted by atomic mass is 32.3. The Morgan fingerprint density at radius 3 is 1.04 bits per heavy atom. The second kappa shape index (κ2) is 33.2. The summed E-state index contributed by atoms with van der Waals surface area (Å²) in [4.78, 5) is 37.9. The van der Waals surface area contributed by atoms with Crippen LogP contribution >= 0.6 is 0 Å². The maximum absolute atomic E-state index is 13.1. The Morgan fingerprint density at radius 2 is 0.618 bits per heavy atom. The van der Waals surface area contributed by atoms with Gasteiger partial charge in [0.2, 0.25) is 0 Å². The van der Waals surface area contributed by atoms with E-state index in [0.29, 0.717) is 0 Å². The summed E-state index contributed by atoms with van der Waals surface area (Å²) in [5.74, 6) is -7.15. The fourth-order valence-electron chi connectivity index (χ4n) is 10.3. The summed E-state index contributed by atoms with van der Waals surface area (Å²) in [5.41, 5.74) is 0. The lowest BCUT2D eigenvalue weighted by molar-refractivity contribution is -0.376. The van der Waals surface area contributed by atoms with Crippen LogP contribution in [0.5, 0.6) is 0 Å². The van der Waals surface area contributed by atoms with Crippen molar-refractivity contribution in [2.45, 2.75) is 184 Å². The van der Waals surface area contributed by atoms with Gasteiger partial charge >= 0.3 is 101 Å². The highest BCUT2D eigenvalue weighted by Gasteiger charge is 2.62. The molecule has 6 aliphatic heterocycles. The molecule has 0 bridgehead atoms. The number of rotatable bonds is 32. The number of carboxylic acids is 3. The molecule has 66 heteroatoms. The third-order valence-corrected chi connectivity index (χ3v) is 18.2. The molecule has 0 spiro atoms. The van der Waals surface area contributed by atoms with Gasteiger partial charge in [-0.05, 0) is 0 Å². The van der Waals surface area contributed by atoms with E-state index in [1.54, 1.807) is 0 Å². The van der Waals surface area contributed by atoms with Gasteiger partial charge in [0.15, 0.2) is 62.2 Å². The average molecular weight is 1670 g/mol. The molecule has 0 saturated carbocycles. The minimum absolute atomic E-state index is 1.07. The molecule has 6 aliphatic rings. The van der Waals surface area contributed by atoms with Gasteiger partial charge in [-0.25, -0.2) is 35.3 Å². The van der Waals surface area contributed by atoms with E-state index >= 15 is 0 Å². The normalized spacial score (nSPS) is 40.3. The molecule has 0 radical (unpaired) electrons. The first-order chi connectivity index (χ1) is 46.2. The molecule has 6 fully saturated rings. The highest BCUT2D eigenvalue weighted by molar-refractivity contribution is 7.84. The largest absolute Gasteiger partial charge is 0.479 e. The smallest absolute Gasteiger partial charge is 0.397 e. The maximum Gasteiger partial charge on any atom is 0.397 e. The molecule has 0 aliphatic carbocycles. The summed E-state index contributed by atoms with van der Waals surface area (Å²) in [7, 11) is -47.6. The summed E-state index contributed by atoms with van der Waals surface area (Å²) in [6, 6.07) is -8.78. The van der Waals surface area contributed by atoms with E-state index in [9.17, 15) is 179 Å². The van der Waals surface area contributed by atoms with Gasteiger partial charge in [0, 0.05) is 0 Å². The second-order valence-electron chi connectivity index (χ2n) is 21.3. The Hall–Kier alpha value is -3.43. The van der Waals surface area contributed by atoms with Crippen molar-refractivity contribution >= 4 is 101 Å². The standard InChI is InChI=1S/C36H59N3O55S8/c40-10-7(37-95(55,56)57)31(54)82-4(1-79-98(64,65)66)18(10)86-36-25(94-102(76,77)78)17(47)23(27(92-36)30(52)53)89-33-9(39-97(61,62)63)21(93-101(73,74)75)20(6(84-33)3-81-100(70,71)72)87-35-16(46)14(44)22(26(91-35)29(50)51)88-32-8(38-96(58,59)60)11(41)19(5(83-32)2-80-99(67,68)69)85-34-15(45)12(42)13(43)24(90-34)28(48)49/h4-27,31-47,54H,1-3H2,(H,48,49)(H,50,51)(H,52,53)(H,55,56,57)(H,58,59,60)(H,61,62,63)(H,64,65,66)(H,67,68,69)(H,70,71,72)(H,73,74,75)(H,76,77,78)/t4-,5-,6-,7-,8-,9-,10-,11-,12+,13+,14-,15-,16-,17+,18-,19-,20-,21-,22+,23+,24-,25-,26+,27-,31?,32-,33-,34-,35-,36-/m1/s1. The Kier molecular flexibility index (Phi) is 28.5. The van der Waals surface area contributed by atoms with Gasteiger partial charge in [-0.1, -0.05) is 0 Å². The summed E-state index contributed by atoms with van der Waals surface area (Å²) < 4.78 is 354. The van der Waals surface area contributed by atoms with E-state index < -0.39 is 305 Å². The van der Waals surface area contributed by atoms with Crippen LogP contribution < -0.4 is 14.2 Å². The number of carboxylic acid groups (broad SMARTS) is 3. The van der Waals surface area contributed by atoms with Crippen molar-refractivity contribution in [1.82, 2.24) is 14.2 Å². The molecule has 30 atom stereocenters. The molecule has 596 valence electrons. The SMILES string of the molecule is O=C(O)[C@H]1O[C@@H](O[C@H]2[C@H](OS(=O)(=O)O)[C@@H](NS(=O)(=O)O)[C@@H](O[C@H]3[C@H](O)[C@@H](OS(=O)(=O)O)[C@H](O[C@H]4[C@H](O)[C@@H](NS(=O)(=O)O)C(O)O[C@@H]4COS(=O)(=O)O)O[C@H]3C(=O)O)O[C@@H]2COS(=O)(=O)O)[C@H](O)[C@@H](O)[C@@H]1O[C@H]1O[C@H](COS(=O)(=O)O)[C@@H](O[C@@H]2O[C@@H](C(=O)O)[C@@H](O)[C@H](O)[C@H]2O)[C@H](O)[C@H]1NS(=O)(=O)O. The molecule has 102 heavy (non-hydrogen) atoms. The molecule has 23 N–H and O–H groups in total. The third-order valence-electron chi connectivity index (χ3n) is 14.3. The van der Waals surface area contributed by atoms with Crippen LogP contribution in [0, 0.1) is 0 Å². The van der Waals surface area contributed by atoms with Gasteiger partial charge in [0.05, 0.1) is 19.8 Å². The van der Waals surface area contributed by atoms with E-state index in [2.05, 4.69) is 20.9 Å². The summed E-state index contributed by atoms with van der Waals surface area (Å²) in [6.07, 6.45) is -79.7. The summed E-state index contributed by atoms with van der Waals surface area (Å²) in [5, 5.41) is 130. The van der Waals surface area contributed by atoms with E-state index in [1.807, 2.05) is 0 Å². The Balaban J connectivity index is 1.40. The minimum atomic E-state index is -6.44. The van der Waals surface area contributed by atoms with Crippen LogP contribution in [-0.4, -0.2) is 387 Å². The van der Waals surface area contributed by atoms with Crippen molar-refractivity contribution in [1.29, 1.82) is 0 Å². The molecular weight excluding hydrogens is 1610 g/mol. The van der Waals surface area contributed by atoms with Crippen LogP contribution in [-0.2, 0) is 170 Å². The van der Waals surface area contributed by atoms with E-state index in [-0.39, 0.29) is 0 Å². The van der Waals surface area contributed by atoms with E-state index in [4.69, 9.17) is 52.1 Å². The number of hydrogen-bond donors (Lipinski definition) is 23. The monoisotopic (exact) mass is 1670 g/mol. The minimum Gasteiger partial charge on any atom is -0.479 e. The first-order valence-corrected chi connectivity index (χ1v) is 37.8. The number of ether oxygens (including phenoxy) is 11. The molecule has 6 heterocycles. The quantitative estimate of drug-likeness (QED) is 0.0278. The van der Waals surface area contributed by atoms with Gasteiger partial charge < -0.3 is 113 Å². The fraction of sp³-hybridized carbons (Fsp3) is 0.917. The van der Waals surface area contributed by atoms with Crippen molar-refractivity contribution < 1.29 is 252 Å². The molecule has 0 aromatic rings. The van der Waals surface area contributed by atoms with Crippen molar-refractivity contribution in [3.8, 4) is 0 Å². The predicted molar refractivity (Wildman–Crippen MR) is 290 cm³/mol. The number of carbonyl (C=O) groups is 3. The van der Waals surface area contributed by atoms with E-state index in [1.165, 1.54) is 9.44 Å². The summed E-state index contributed by atoms with van der Waals surface area (Å²) in [6.45, 7) is -5.47. The van der Waals surface area contributed by atoms with Gasteiger partial charge in [-0.3, -0.25) is 36.4 Å². The second-order valence-corrected chi connectivity index (χ2v) is 30.3. The molecule has 6 saturated heterocycles. The van der Waals surface area contributed by atoms with Crippen LogP contribution in [0.1, 0.15) is 0 Å². The zero-order valence-corrected chi connectivity index (χ0v) is 55.5. The Bertz CT molecular complexity index is 3910. The molecule has 58 nitrogen and oxygen atoms in total. The fourth-order valence-corrected chi connectivity index (χ4v) is 14.0. The van der Waals surface area contributed by atoms with Crippen LogP contribution in [0.25, 0.3) is 0 Å². The van der Waals surface area contributed by atoms with Crippen LogP contribution in [0.15, 0.2) is 0 Å². The molecule has 0 aromatic carbocycles. The molecule has 0 amide bonds. The Morgan fingerprint density at radius 1 is 0.294 bits per heavy atom. The number of nitrogens with one attached hydrogen (secondary N) is 3. The van der Waals surface area contributed by atoms with Crippen LogP contribution in [0.2, 0.25) is 0 Å². The molecule has 1 unspecified atom stereocenters. The lowest BCUT2D eigenvalue weighted by Gasteiger charge is -2.50. The lowest BCUT2D eigenvalue weighted by atomic mass is 9.94. The highest BCUT2D eigenvalue weighted by Crippen LogP contribution is 2.39. The van der Waals surface area contributed by atoms with Crippen LogP contribution in [0.3, 0.4) is 0 Å². The molecular formula is C36H59N3O55S8. The van der Waals surface area contributed by atoms with Gasteiger partial charge in [0.25, 0.3) is 0 Å². The number of aliphatic carboxylic acids is 3. The topological polar surface area (TPSA) is 913 Å². The van der Waals surface area contributed by atoms with E-state index in [0.717, 1.165) is 4.72 Å². The average Bonchev–Trinajstić information content (AvgIpc) is 0.762. The third kappa shape index (κ3) is 24.0. The Labute approximate surface area is 568 Å². The number of aliphatic hydroxyl groups excluding tert-OH is 9. The zero-order valence-electron chi connectivity index (χ0n) is 48.9. The lowest BCUT2D eigenvalue weighted by Crippen LogP contribution is -2.71. The first kappa shape index (κ1) is 87.5. The summed E-state index contributed by atoms with van der Waals surface area (Å²) >= 11 is 0. The van der Waals surface area contributed by atoms with Gasteiger partial charge in [-0.2, -0.15) is 81.5 Å². The number of aliphatic hydroxyl groups is 9. The molecule has 6 rings (SSSR count). The predicted octanol–water partition coefficient (Wildman–Crippen LogP) is -16.5. The molecule has 0 aromatic heterocycles. The van der Waals surface area contributed by atoms with Crippen molar-refractivity contribution in [3.05, 3.63) is 0 Å². The zero-order chi connectivity index (χ0) is 77.6. The van der Waals surface area contributed by atoms with Gasteiger partial charge in [0.1, 0.15) is 122 Å².